The highest BCUT2D eigenvalue weighted by atomic mass is 32.1. The van der Waals surface area contributed by atoms with Crippen molar-refractivity contribution in [2.45, 2.75) is 27.2 Å². The van der Waals surface area contributed by atoms with E-state index in [2.05, 4.69) is 6.92 Å². The standard InChI is InChI=1S/C16H18O2S/c1-4-8-18-14-7-5-6-13(10-14)16(17)15-9-11(2)19-12(15)3/h5-7,9-10H,4,8H2,1-3H3. The molecule has 2 nitrogen and oxygen atoms in total. The lowest BCUT2D eigenvalue weighted by atomic mass is 10.0. The molecule has 0 N–H and O–H groups in total. The zero-order valence-electron chi connectivity index (χ0n) is 11.5. The second-order valence-corrected chi connectivity index (χ2v) is 5.99. The third-order valence-corrected chi connectivity index (χ3v) is 3.82. The summed E-state index contributed by atoms with van der Waals surface area (Å²) in [6.07, 6.45) is 0.959. The molecule has 1 heterocycles. The molecule has 0 atom stereocenters. The molecule has 0 bridgehead atoms. The van der Waals surface area contributed by atoms with Crippen LogP contribution in [0.1, 0.15) is 39.0 Å². The van der Waals surface area contributed by atoms with E-state index in [-0.39, 0.29) is 5.78 Å². The Morgan fingerprint density at radius 3 is 2.68 bits per heavy atom. The van der Waals surface area contributed by atoms with Gasteiger partial charge in [0.2, 0.25) is 0 Å². The highest BCUT2D eigenvalue weighted by Crippen LogP contribution is 2.24. The lowest BCUT2D eigenvalue weighted by Crippen LogP contribution is -2.02. The summed E-state index contributed by atoms with van der Waals surface area (Å²) in [6, 6.07) is 9.38. The van der Waals surface area contributed by atoms with Gasteiger partial charge in [-0.3, -0.25) is 4.79 Å². The zero-order chi connectivity index (χ0) is 13.8. The Morgan fingerprint density at radius 1 is 1.26 bits per heavy atom. The van der Waals surface area contributed by atoms with E-state index in [1.54, 1.807) is 11.3 Å². The number of hydrogen-bond acceptors (Lipinski definition) is 3. The second-order valence-electron chi connectivity index (χ2n) is 4.53. The lowest BCUT2D eigenvalue weighted by Gasteiger charge is -2.06. The molecule has 1 aromatic heterocycles. The Balaban J connectivity index is 2.26. The molecule has 0 fully saturated rings. The number of rotatable bonds is 5. The maximum Gasteiger partial charge on any atom is 0.194 e. The molecule has 0 aliphatic rings. The maximum atomic E-state index is 12.5. The monoisotopic (exact) mass is 274 g/mol. The van der Waals surface area contributed by atoms with Crippen LogP contribution in [0.3, 0.4) is 0 Å². The fraction of sp³-hybridized carbons (Fsp3) is 0.312. The van der Waals surface area contributed by atoms with Crippen LogP contribution < -0.4 is 4.74 Å². The van der Waals surface area contributed by atoms with Crippen molar-refractivity contribution in [3.05, 3.63) is 51.2 Å². The zero-order valence-corrected chi connectivity index (χ0v) is 12.3. The first-order valence-electron chi connectivity index (χ1n) is 6.46. The Kier molecular flexibility index (Phi) is 4.38. The molecule has 0 saturated carbocycles. The first-order chi connectivity index (χ1) is 9.11. The highest BCUT2D eigenvalue weighted by Gasteiger charge is 2.14. The predicted molar refractivity (Wildman–Crippen MR) is 79.5 cm³/mol. The van der Waals surface area contributed by atoms with Gasteiger partial charge in [-0.25, -0.2) is 0 Å². The van der Waals surface area contributed by atoms with Crippen molar-refractivity contribution in [1.29, 1.82) is 0 Å². The Bertz CT molecular complexity index is 584. The molecule has 100 valence electrons. The van der Waals surface area contributed by atoms with Crippen molar-refractivity contribution < 1.29 is 9.53 Å². The molecule has 0 amide bonds. The minimum Gasteiger partial charge on any atom is -0.494 e. The summed E-state index contributed by atoms with van der Waals surface area (Å²) in [5.41, 5.74) is 1.49. The number of ketones is 1. The number of benzene rings is 1. The summed E-state index contributed by atoms with van der Waals surface area (Å²) >= 11 is 1.66. The quantitative estimate of drug-likeness (QED) is 0.756. The molecule has 0 aliphatic carbocycles. The Labute approximate surface area is 118 Å². The molecule has 0 aliphatic heterocycles. The average Bonchev–Trinajstić information content (AvgIpc) is 2.75. The topological polar surface area (TPSA) is 26.3 Å². The summed E-state index contributed by atoms with van der Waals surface area (Å²) in [4.78, 5) is 14.7. The summed E-state index contributed by atoms with van der Waals surface area (Å²) in [6.45, 7) is 6.75. The third-order valence-electron chi connectivity index (χ3n) is 2.85. The molecule has 1 aromatic carbocycles. The summed E-state index contributed by atoms with van der Waals surface area (Å²) < 4.78 is 5.57. The van der Waals surface area contributed by atoms with E-state index >= 15 is 0 Å². The van der Waals surface area contributed by atoms with Crippen molar-refractivity contribution >= 4 is 17.1 Å². The molecular formula is C16H18O2S. The van der Waals surface area contributed by atoms with Gasteiger partial charge in [-0.1, -0.05) is 19.1 Å². The number of carbonyl (C=O) groups is 1. The first kappa shape index (κ1) is 13.8. The van der Waals surface area contributed by atoms with Gasteiger partial charge in [0.05, 0.1) is 6.61 Å². The number of hydrogen-bond donors (Lipinski definition) is 0. The van der Waals surface area contributed by atoms with Crippen molar-refractivity contribution in [2.75, 3.05) is 6.61 Å². The average molecular weight is 274 g/mol. The largest absolute Gasteiger partial charge is 0.494 e. The SMILES string of the molecule is CCCOc1cccc(C(=O)c2cc(C)sc2C)c1. The van der Waals surface area contributed by atoms with E-state index in [0.717, 1.165) is 22.6 Å². The fourth-order valence-corrected chi connectivity index (χ4v) is 2.88. The molecule has 0 unspecified atom stereocenters. The van der Waals surface area contributed by atoms with Crippen LogP contribution in [0.4, 0.5) is 0 Å². The van der Waals surface area contributed by atoms with E-state index in [1.807, 2.05) is 44.2 Å². The van der Waals surface area contributed by atoms with Crippen LogP contribution in [0.2, 0.25) is 0 Å². The summed E-state index contributed by atoms with van der Waals surface area (Å²) in [5, 5.41) is 0. The van der Waals surface area contributed by atoms with E-state index in [4.69, 9.17) is 4.74 Å². The predicted octanol–water partition coefficient (Wildman–Crippen LogP) is 4.38. The molecule has 3 heteroatoms. The minimum atomic E-state index is 0.0730. The highest BCUT2D eigenvalue weighted by molar-refractivity contribution is 7.12. The molecule has 0 radical (unpaired) electrons. The van der Waals surface area contributed by atoms with Crippen LogP contribution in [0.5, 0.6) is 5.75 Å². The van der Waals surface area contributed by atoms with E-state index in [0.29, 0.717) is 12.2 Å². The van der Waals surface area contributed by atoms with Crippen LogP contribution >= 0.6 is 11.3 Å². The van der Waals surface area contributed by atoms with Gasteiger partial charge < -0.3 is 4.74 Å². The molecule has 2 aromatic rings. The van der Waals surface area contributed by atoms with Gasteiger partial charge in [-0.2, -0.15) is 0 Å². The summed E-state index contributed by atoms with van der Waals surface area (Å²) in [5.74, 6) is 0.834. The lowest BCUT2D eigenvalue weighted by molar-refractivity contribution is 0.103. The van der Waals surface area contributed by atoms with Gasteiger partial charge in [-0.15, -0.1) is 11.3 Å². The van der Waals surface area contributed by atoms with Crippen LogP contribution in [0.25, 0.3) is 0 Å². The van der Waals surface area contributed by atoms with E-state index < -0.39 is 0 Å². The molecule has 0 spiro atoms. The van der Waals surface area contributed by atoms with Crippen LogP contribution in [-0.4, -0.2) is 12.4 Å². The van der Waals surface area contributed by atoms with Gasteiger partial charge in [0.25, 0.3) is 0 Å². The smallest absolute Gasteiger partial charge is 0.194 e. The third kappa shape index (κ3) is 3.24. The second kappa shape index (κ2) is 6.02. The normalized spacial score (nSPS) is 10.5. The van der Waals surface area contributed by atoms with Gasteiger partial charge >= 0.3 is 0 Å². The number of aryl methyl sites for hydroxylation is 2. The van der Waals surface area contributed by atoms with Crippen molar-refractivity contribution in [3.8, 4) is 5.75 Å². The van der Waals surface area contributed by atoms with Gasteiger partial charge in [0.15, 0.2) is 5.78 Å². The van der Waals surface area contributed by atoms with E-state index in [1.165, 1.54) is 4.88 Å². The molecular weight excluding hydrogens is 256 g/mol. The fourth-order valence-electron chi connectivity index (χ4n) is 1.96. The first-order valence-corrected chi connectivity index (χ1v) is 7.28. The Morgan fingerprint density at radius 2 is 2.05 bits per heavy atom. The minimum absolute atomic E-state index is 0.0730. The van der Waals surface area contributed by atoms with Crippen LogP contribution in [0.15, 0.2) is 30.3 Å². The van der Waals surface area contributed by atoms with Crippen LogP contribution in [-0.2, 0) is 0 Å². The Hall–Kier alpha value is -1.61. The molecule has 0 saturated heterocycles. The van der Waals surface area contributed by atoms with Crippen LogP contribution in [0, 0.1) is 13.8 Å². The molecule has 2 rings (SSSR count). The van der Waals surface area contributed by atoms with E-state index in [9.17, 15) is 4.79 Å². The number of carbonyl (C=O) groups excluding carboxylic acids is 1. The summed E-state index contributed by atoms with van der Waals surface area (Å²) in [7, 11) is 0. The van der Waals surface area contributed by atoms with Crippen molar-refractivity contribution in [1.82, 2.24) is 0 Å². The number of thiophene rings is 1. The number of ether oxygens (including phenoxy) is 1. The van der Waals surface area contributed by atoms with Gasteiger partial charge in [0.1, 0.15) is 5.75 Å². The van der Waals surface area contributed by atoms with Gasteiger partial charge in [-0.05, 0) is 38.5 Å². The molecule has 19 heavy (non-hydrogen) atoms. The van der Waals surface area contributed by atoms with Crippen molar-refractivity contribution in [3.63, 3.8) is 0 Å². The maximum absolute atomic E-state index is 12.5. The van der Waals surface area contributed by atoms with Gasteiger partial charge in [0, 0.05) is 20.9 Å². The van der Waals surface area contributed by atoms with Crippen molar-refractivity contribution in [2.24, 2.45) is 0 Å².